The summed E-state index contributed by atoms with van der Waals surface area (Å²) in [5.74, 6) is 0.0119. The molecule has 24 heavy (non-hydrogen) atoms. The van der Waals surface area contributed by atoms with Crippen molar-refractivity contribution >= 4 is 17.0 Å². The van der Waals surface area contributed by atoms with Crippen molar-refractivity contribution in [1.29, 1.82) is 0 Å². The third kappa shape index (κ3) is 2.74. The van der Waals surface area contributed by atoms with Crippen LogP contribution in [0.2, 0.25) is 0 Å². The van der Waals surface area contributed by atoms with E-state index in [9.17, 15) is 9.59 Å². The van der Waals surface area contributed by atoms with E-state index in [-0.39, 0.29) is 12.2 Å². The van der Waals surface area contributed by atoms with E-state index in [2.05, 4.69) is 4.98 Å². The quantitative estimate of drug-likeness (QED) is 0.690. The van der Waals surface area contributed by atoms with E-state index < -0.39 is 11.4 Å². The van der Waals surface area contributed by atoms with Gasteiger partial charge in [0, 0.05) is 18.5 Å². The fourth-order valence-corrected chi connectivity index (χ4v) is 2.47. The number of carbonyl (C=O) groups excluding carboxylic acids is 1. The lowest BCUT2D eigenvalue weighted by Crippen LogP contribution is -2.21. The van der Waals surface area contributed by atoms with E-state index in [0.717, 1.165) is 5.69 Å². The molecule has 6 heteroatoms. The molecule has 1 aromatic carbocycles. The summed E-state index contributed by atoms with van der Waals surface area (Å²) in [6, 6.07) is 10.6. The molecule has 0 bridgehead atoms. The maximum Gasteiger partial charge on any atom is 0.343 e. The summed E-state index contributed by atoms with van der Waals surface area (Å²) in [7, 11) is 1.57. The minimum Gasteiger partial charge on any atom is -0.497 e. The summed E-state index contributed by atoms with van der Waals surface area (Å²) in [6.07, 6.45) is 3.06. The number of fused-ring (bicyclic) bond motifs is 1. The zero-order valence-corrected chi connectivity index (χ0v) is 13.4. The Morgan fingerprint density at radius 3 is 2.83 bits per heavy atom. The van der Waals surface area contributed by atoms with Crippen molar-refractivity contribution in [2.24, 2.45) is 0 Å². The first-order valence-electron chi connectivity index (χ1n) is 7.47. The van der Waals surface area contributed by atoms with Crippen LogP contribution in [-0.2, 0) is 4.74 Å². The van der Waals surface area contributed by atoms with Gasteiger partial charge in [-0.05, 0) is 31.2 Å². The highest BCUT2D eigenvalue weighted by Gasteiger charge is 2.17. The number of aromatic nitrogens is 2. The van der Waals surface area contributed by atoms with Crippen LogP contribution in [0.3, 0.4) is 0 Å². The Balaban J connectivity index is 2.32. The lowest BCUT2D eigenvalue weighted by Gasteiger charge is -2.13. The minimum absolute atomic E-state index is 0.0276. The molecule has 0 aliphatic heterocycles. The molecule has 0 fully saturated rings. The number of esters is 1. The topological polar surface area (TPSA) is 70.4 Å². The van der Waals surface area contributed by atoms with Gasteiger partial charge in [-0.2, -0.15) is 0 Å². The summed E-state index contributed by atoms with van der Waals surface area (Å²) in [6.45, 7) is 1.89. The van der Waals surface area contributed by atoms with Crippen LogP contribution in [0.15, 0.2) is 53.6 Å². The van der Waals surface area contributed by atoms with Crippen molar-refractivity contribution in [2.45, 2.75) is 6.92 Å². The Morgan fingerprint density at radius 2 is 2.08 bits per heavy atom. The number of nitrogens with zero attached hydrogens (tertiary/aromatic N) is 2. The fourth-order valence-electron chi connectivity index (χ4n) is 2.47. The molecule has 0 aliphatic rings. The normalized spacial score (nSPS) is 10.6. The molecule has 0 N–H and O–H groups in total. The number of rotatable bonds is 4. The lowest BCUT2D eigenvalue weighted by molar-refractivity contribution is 0.0524. The van der Waals surface area contributed by atoms with E-state index >= 15 is 0 Å². The SMILES string of the molecule is CCOC(=O)c1cn(-c2cccc(OC)c2)c2ncccc2c1=O. The maximum absolute atomic E-state index is 12.6. The number of hydrogen-bond acceptors (Lipinski definition) is 5. The van der Waals surface area contributed by atoms with Crippen molar-refractivity contribution < 1.29 is 14.3 Å². The first-order valence-corrected chi connectivity index (χ1v) is 7.47. The summed E-state index contributed by atoms with van der Waals surface area (Å²) >= 11 is 0. The van der Waals surface area contributed by atoms with Gasteiger partial charge in [0.05, 0.1) is 24.8 Å². The highest BCUT2D eigenvalue weighted by Crippen LogP contribution is 2.20. The molecular formula is C18H16N2O4. The van der Waals surface area contributed by atoms with Crippen LogP contribution in [0.5, 0.6) is 5.75 Å². The monoisotopic (exact) mass is 324 g/mol. The van der Waals surface area contributed by atoms with Gasteiger partial charge >= 0.3 is 5.97 Å². The van der Waals surface area contributed by atoms with Crippen LogP contribution < -0.4 is 10.2 Å². The zero-order valence-electron chi connectivity index (χ0n) is 13.4. The molecule has 6 nitrogen and oxygen atoms in total. The van der Waals surface area contributed by atoms with Gasteiger partial charge in [-0.15, -0.1) is 0 Å². The molecular weight excluding hydrogens is 308 g/mol. The van der Waals surface area contributed by atoms with Crippen molar-refractivity contribution in [3.63, 3.8) is 0 Å². The minimum atomic E-state index is -0.648. The second kappa shape index (κ2) is 6.54. The van der Waals surface area contributed by atoms with E-state index in [0.29, 0.717) is 16.8 Å². The van der Waals surface area contributed by atoms with E-state index in [1.165, 1.54) is 6.20 Å². The Bertz CT molecular complexity index is 963. The second-order valence-corrected chi connectivity index (χ2v) is 5.04. The molecule has 3 rings (SSSR count). The number of pyridine rings is 2. The third-order valence-electron chi connectivity index (χ3n) is 3.59. The van der Waals surface area contributed by atoms with Crippen molar-refractivity contribution in [1.82, 2.24) is 9.55 Å². The zero-order chi connectivity index (χ0) is 17.1. The smallest absolute Gasteiger partial charge is 0.343 e. The molecule has 0 saturated heterocycles. The Labute approximate surface area is 138 Å². The number of carbonyl (C=O) groups is 1. The van der Waals surface area contributed by atoms with Crippen LogP contribution in [0.1, 0.15) is 17.3 Å². The standard InChI is InChI=1S/C18H16N2O4/c1-3-24-18(22)15-11-20(12-6-4-7-13(10-12)23-2)17-14(16(15)21)8-5-9-19-17/h4-11H,3H2,1-2H3. The molecule has 0 atom stereocenters. The van der Waals surface area contributed by atoms with Gasteiger partial charge in [-0.3, -0.25) is 4.79 Å². The van der Waals surface area contributed by atoms with Gasteiger partial charge in [-0.25, -0.2) is 9.78 Å². The van der Waals surface area contributed by atoms with Crippen LogP contribution in [0.4, 0.5) is 0 Å². The van der Waals surface area contributed by atoms with Gasteiger partial charge in [0.25, 0.3) is 0 Å². The maximum atomic E-state index is 12.6. The molecule has 0 unspecified atom stereocenters. The Kier molecular flexibility index (Phi) is 4.29. The molecule has 2 heterocycles. The molecule has 0 amide bonds. The van der Waals surface area contributed by atoms with E-state index in [1.54, 1.807) is 43.0 Å². The van der Waals surface area contributed by atoms with Gasteiger partial charge in [0.1, 0.15) is 17.0 Å². The van der Waals surface area contributed by atoms with Gasteiger partial charge in [0.15, 0.2) is 0 Å². The number of methoxy groups -OCH3 is 1. The molecule has 0 spiro atoms. The van der Waals surface area contributed by atoms with Crippen molar-refractivity contribution in [3.8, 4) is 11.4 Å². The average molecular weight is 324 g/mol. The van der Waals surface area contributed by atoms with Crippen LogP contribution in [0, 0.1) is 0 Å². The number of hydrogen-bond donors (Lipinski definition) is 0. The van der Waals surface area contributed by atoms with Crippen molar-refractivity contribution in [3.05, 3.63) is 64.6 Å². The molecule has 3 aromatic rings. The molecule has 2 aromatic heterocycles. The Hall–Kier alpha value is -3.15. The highest BCUT2D eigenvalue weighted by atomic mass is 16.5. The summed E-state index contributed by atoms with van der Waals surface area (Å²) in [4.78, 5) is 29.0. The molecule has 0 aliphatic carbocycles. The van der Waals surface area contributed by atoms with E-state index in [4.69, 9.17) is 9.47 Å². The lowest BCUT2D eigenvalue weighted by atomic mass is 10.2. The fraction of sp³-hybridized carbons (Fsp3) is 0.167. The van der Waals surface area contributed by atoms with Crippen LogP contribution in [0.25, 0.3) is 16.7 Å². The summed E-state index contributed by atoms with van der Waals surface area (Å²) < 4.78 is 11.9. The average Bonchev–Trinajstić information content (AvgIpc) is 2.62. The Morgan fingerprint density at radius 1 is 1.25 bits per heavy atom. The van der Waals surface area contributed by atoms with Gasteiger partial charge in [-0.1, -0.05) is 6.07 Å². The summed E-state index contributed by atoms with van der Waals surface area (Å²) in [5, 5.41) is 0.353. The first kappa shape index (κ1) is 15.7. The molecule has 0 radical (unpaired) electrons. The predicted molar refractivity (Wildman–Crippen MR) is 89.8 cm³/mol. The largest absolute Gasteiger partial charge is 0.497 e. The van der Waals surface area contributed by atoms with Gasteiger partial charge in [0.2, 0.25) is 5.43 Å². The van der Waals surface area contributed by atoms with Gasteiger partial charge < -0.3 is 14.0 Å². The van der Waals surface area contributed by atoms with Crippen LogP contribution in [-0.4, -0.2) is 29.2 Å². The third-order valence-corrected chi connectivity index (χ3v) is 3.59. The molecule has 0 saturated carbocycles. The number of benzene rings is 1. The number of ether oxygens (including phenoxy) is 2. The summed E-state index contributed by atoms with van der Waals surface area (Å²) in [5.41, 5.74) is 0.767. The predicted octanol–water partition coefficient (Wildman–Crippen LogP) is 2.57. The molecule has 122 valence electrons. The first-order chi connectivity index (χ1) is 11.7. The van der Waals surface area contributed by atoms with Crippen LogP contribution >= 0.6 is 0 Å². The highest BCUT2D eigenvalue weighted by molar-refractivity contribution is 5.93. The second-order valence-electron chi connectivity index (χ2n) is 5.04. The van der Waals surface area contributed by atoms with Crippen molar-refractivity contribution in [2.75, 3.05) is 13.7 Å². The van der Waals surface area contributed by atoms with E-state index in [1.807, 2.05) is 18.2 Å².